The van der Waals surface area contributed by atoms with Gasteiger partial charge in [0.25, 0.3) is 5.69 Å². The second-order valence-corrected chi connectivity index (χ2v) is 6.20. The quantitative estimate of drug-likeness (QED) is 0.620. The van der Waals surface area contributed by atoms with Crippen molar-refractivity contribution in [2.75, 3.05) is 6.54 Å². The van der Waals surface area contributed by atoms with Crippen molar-refractivity contribution in [2.45, 2.75) is 44.8 Å². The second kappa shape index (κ2) is 6.44. The third kappa shape index (κ3) is 3.62. The number of nitro groups is 1. The fourth-order valence-electron chi connectivity index (χ4n) is 2.96. The molecule has 6 nitrogen and oxygen atoms in total. The molecule has 1 aromatic rings. The van der Waals surface area contributed by atoms with Crippen molar-refractivity contribution in [3.63, 3.8) is 0 Å². The predicted molar refractivity (Wildman–Crippen MR) is 83.9 cm³/mol. The molecular weight excluding hydrogens is 282 g/mol. The maximum atomic E-state index is 11.1. The molecule has 1 aromatic carbocycles. The molecule has 2 aliphatic rings. The lowest BCUT2D eigenvalue weighted by atomic mass is 10.00. The Morgan fingerprint density at radius 3 is 2.86 bits per heavy atom. The summed E-state index contributed by atoms with van der Waals surface area (Å²) in [5, 5.41) is 18.6. The molecule has 1 aliphatic heterocycles. The Balaban J connectivity index is 1.61. The minimum atomic E-state index is -0.295. The van der Waals surface area contributed by atoms with Crippen LogP contribution in [0.3, 0.4) is 0 Å². The Morgan fingerprint density at radius 1 is 1.45 bits per heavy atom. The van der Waals surface area contributed by atoms with Gasteiger partial charge in [0.05, 0.1) is 10.6 Å². The lowest BCUT2D eigenvalue weighted by Gasteiger charge is -2.20. The molecule has 22 heavy (non-hydrogen) atoms. The van der Waals surface area contributed by atoms with Gasteiger partial charge in [-0.05, 0) is 32.1 Å². The summed E-state index contributed by atoms with van der Waals surface area (Å²) >= 11 is 0. The van der Waals surface area contributed by atoms with Crippen molar-refractivity contribution in [3.05, 3.63) is 39.9 Å². The molecule has 1 N–H and O–H groups in total. The maximum absolute atomic E-state index is 11.1. The highest BCUT2D eigenvalue weighted by Crippen LogP contribution is 2.35. The highest BCUT2D eigenvalue weighted by atomic mass is 16.6. The van der Waals surface area contributed by atoms with Crippen LogP contribution in [0.15, 0.2) is 29.4 Å². The summed E-state index contributed by atoms with van der Waals surface area (Å²) in [6.45, 7) is 2.70. The molecule has 0 bridgehead atoms. The van der Waals surface area contributed by atoms with E-state index in [0.717, 1.165) is 24.2 Å². The van der Waals surface area contributed by atoms with Crippen LogP contribution < -0.4 is 5.32 Å². The molecule has 0 radical (unpaired) electrons. The van der Waals surface area contributed by atoms with Crippen molar-refractivity contribution < 1.29 is 9.76 Å². The zero-order valence-corrected chi connectivity index (χ0v) is 12.7. The van der Waals surface area contributed by atoms with E-state index in [1.807, 2.05) is 19.1 Å². The van der Waals surface area contributed by atoms with Crippen LogP contribution in [0.1, 0.15) is 31.7 Å². The fourth-order valence-corrected chi connectivity index (χ4v) is 2.96. The van der Waals surface area contributed by atoms with Crippen LogP contribution in [-0.2, 0) is 11.3 Å². The fraction of sp³-hybridized carbons (Fsp3) is 0.562. The smallest absolute Gasteiger partial charge is 0.272 e. The van der Waals surface area contributed by atoms with Gasteiger partial charge in [-0.1, -0.05) is 23.4 Å². The van der Waals surface area contributed by atoms with Crippen molar-refractivity contribution >= 4 is 11.4 Å². The molecule has 6 heteroatoms. The van der Waals surface area contributed by atoms with Crippen molar-refractivity contribution in [2.24, 2.45) is 11.1 Å². The largest absolute Gasteiger partial charge is 0.391 e. The Kier molecular flexibility index (Phi) is 4.38. The molecule has 2 atom stereocenters. The maximum Gasteiger partial charge on any atom is 0.272 e. The monoisotopic (exact) mass is 303 g/mol. The number of oxime groups is 1. The predicted octanol–water partition coefficient (Wildman–Crippen LogP) is 2.67. The summed E-state index contributed by atoms with van der Waals surface area (Å²) in [6.07, 6.45) is 4.02. The molecule has 2 unspecified atom stereocenters. The Hall–Kier alpha value is -1.95. The number of nitrogens with one attached hydrogen (secondary N) is 1. The number of hydrogen-bond donors (Lipinski definition) is 1. The first-order valence-electron chi connectivity index (χ1n) is 7.78. The molecule has 1 heterocycles. The van der Waals surface area contributed by atoms with Crippen LogP contribution >= 0.6 is 0 Å². The van der Waals surface area contributed by atoms with E-state index in [9.17, 15) is 10.1 Å². The van der Waals surface area contributed by atoms with E-state index in [0.29, 0.717) is 12.3 Å². The highest BCUT2D eigenvalue weighted by Gasteiger charge is 2.33. The van der Waals surface area contributed by atoms with Crippen molar-refractivity contribution in [1.82, 2.24) is 5.32 Å². The molecule has 0 amide bonds. The topological polar surface area (TPSA) is 76.8 Å². The Labute approximate surface area is 129 Å². The van der Waals surface area contributed by atoms with Crippen LogP contribution in [0.5, 0.6) is 0 Å². The van der Waals surface area contributed by atoms with Gasteiger partial charge < -0.3 is 10.2 Å². The standard InChI is InChI=1S/C16H21N3O3/c1-11-8-14(22-18-11)10-17-15(12-6-7-12)9-13-4-2-3-5-16(13)19(20)21/h2-5,12,14-15,17H,6-10H2,1H3. The van der Waals surface area contributed by atoms with Crippen molar-refractivity contribution in [3.8, 4) is 0 Å². The number of benzene rings is 1. The zero-order valence-electron chi connectivity index (χ0n) is 12.7. The lowest BCUT2D eigenvalue weighted by molar-refractivity contribution is -0.385. The highest BCUT2D eigenvalue weighted by molar-refractivity contribution is 5.82. The molecule has 1 aliphatic carbocycles. The van der Waals surface area contributed by atoms with E-state index in [4.69, 9.17) is 4.84 Å². The number of hydrogen-bond acceptors (Lipinski definition) is 5. The van der Waals surface area contributed by atoms with Crippen LogP contribution in [-0.4, -0.2) is 29.3 Å². The molecule has 1 fully saturated rings. The van der Waals surface area contributed by atoms with Gasteiger partial charge in [0.2, 0.25) is 0 Å². The summed E-state index contributed by atoms with van der Waals surface area (Å²) < 4.78 is 0. The third-order valence-corrected chi connectivity index (χ3v) is 4.31. The first-order chi connectivity index (χ1) is 10.6. The number of para-hydroxylation sites is 1. The average Bonchev–Trinajstić information content (AvgIpc) is 3.26. The number of nitro benzene ring substituents is 1. The minimum Gasteiger partial charge on any atom is -0.391 e. The van der Waals surface area contributed by atoms with Gasteiger partial charge in [-0.2, -0.15) is 0 Å². The SMILES string of the molecule is CC1=NOC(CNC(Cc2ccccc2[N+](=O)[O-])C2CC2)C1. The van der Waals surface area contributed by atoms with E-state index in [1.54, 1.807) is 12.1 Å². The third-order valence-electron chi connectivity index (χ3n) is 4.31. The molecule has 1 saturated carbocycles. The number of rotatable bonds is 7. The Bertz CT molecular complexity index is 584. The number of nitrogens with zero attached hydrogens (tertiary/aromatic N) is 2. The molecule has 118 valence electrons. The summed E-state index contributed by atoms with van der Waals surface area (Å²) in [7, 11) is 0. The van der Waals surface area contributed by atoms with Gasteiger partial charge in [-0.3, -0.25) is 10.1 Å². The first kappa shape index (κ1) is 15.0. The van der Waals surface area contributed by atoms with E-state index in [2.05, 4.69) is 10.5 Å². The van der Waals surface area contributed by atoms with Gasteiger partial charge in [0.1, 0.15) is 6.10 Å². The summed E-state index contributed by atoms with van der Waals surface area (Å²) in [5.41, 5.74) is 2.04. The van der Waals surface area contributed by atoms with Gasteiger partial charge in [-0.15, -0.1) is 0 Å². The van der Waals surface area contributed by atoms with E-state index < -0.39 is 0 Å². The summed E-state index contributed by atoms with van der Waals surface area (Å²) in [4.78, 5) is 16.2. The van der Waals surface area contributed by atoms with Crippen LogP contribution in [0.4, 0.5) is 5.69 Å². The van der Waals surface area contributed by atoms with Crippen LogP contribution in [0.25, 0.3) is 0 Å². The second-order valence-electron chi connectivity index (χ2n) is 6.20. The summed E-state index contributed by atoms with van der Waals surface area (Å²) in [6, 6.07) is 7.29. The van der Waals surface area contributed by atoms with Gasteiger partial charge in [0, 0.05) is 30.6 Å². The zero-order chi connectivity index (χ0) is 15.5. The van der Waals surface area contributed by atoms with E-state index >= 15 is 0 Å². The van der Waals surface area contributed by atoms with Crippen LogP contribution in [0, 0.1) is 16.0 Å². The molecule has 0 aromatic heterocycles. The van der Waals surface area contributed by atoms with Crippen molar-refractivity contribution in [1.29, 1.82) is 0 Å². The first-order valence-corrected chi connectivity index (χ1v) is 7.78. The van der Waals surface area contributed by atoms with Gasteiger partial charge >= 0.3 is 0 Å². The molecule has 0 saturated heterocycles. The van der Waals surface area contributed by atoms with E-state index in [-0.39, 0.29) is 22.8 Å². The van der Waals surface area contributed by atoms with E-state index in [1.165, 1.54) is 12.8 Å². The summed E-state index contributed by atoms with van der Waals surface area (Å²) in [5.74, 6) is 0.614. The van der Waals surface area contributed by atoms with Gasteiger partial charge in [0.15, 0.2) is 0 Å². The molecular formula is C16H21N3O3. The minimum absolute atomic E-state index is 0.0898. The molecule has 3 rings (SSSR count). The van der Waals surface area contributed by atoms with Gasteiger partial charge in [-0.25, -0.2) is 0 Å². The molecule has 0 spiro atoms. The Morgan fingerprint density at radius 2 is 2.23 bits per heavy atom. The van der Waals surface area contributed by atoms with Crippen LogP contribution in [0.2, 0.25) is 0 Å². The normalized spacial score (nSPS) is 22.0. The average molecular weight is 303 g/mol. The lowest BCUT2D eigenvalue weighted by Crippen LogP contribution is -2.38.